The second-order valence-corrected chi connectivity index (χ2v) is 7.75. The average Bonchev–Trinajstić information content (AvgIpc) is 2.75. The highest BCUT2D eigenvalue weighted by atomic mass is 16.5. The summed E-state index contributed by atoms with van der Waals surface area (Å²) in [6.07, 6.45) is 1.52. The lowest BCUT2D eigenvalue weighted by Crippen LogP contribution is -2.48. The van der Waals surface area contributed by atoms with Crippen LogP contribution in [0.25, 0.3) is 0 Å². The van der Waals surface area contributed by atoms with E-state index >= 15 is 0 Å². The lowest BCUT2D eigenvalue weighted by Gasteiger charge is -2.36. The molecule has 2 aromatic rings. The zero-order valence-electron chi connectivity index (χ0n) is 18.1. The number of ether oxygens (including phenoxy) is 1. The quantitative estimate of drug-likeness (QED) is 0.756. The van der Waals surface area contributed by atoms with Gasteiger partial charge in [0.05, 0.1) is 0 Å². The Hall–Kier alpha value is -3.02. The van der Waals surface area contributed by atoms with Crippen molar-refractivity contribution in [3.63, 3.8) is 0 Å². The number of benzene rings is 2. The van der Waals surface area contributed by atoms with E-state index in [1.165, 1.54) is 5.56 Å². The van der Waals surface area contributed by atoms with Crippen LogP contribution in [0.4, 0.5) is 11.4 Å². The number of anilines is 2. The van der Waals surface area contributed by atoms with Crippen LogP contribution >= 0.6 is 0 Å². The Bertz CT molecular complexity index is 872. The lowest BCUT2D eigenvalue weighted by molar-refractivity contribution is -0.131. The average molecular weight is 410 g/mol. The van der Waals surface area contributed by atoms with Crippen molar-refractivity contribution in [2.75, 3.05) is 43.0 Å². The highest BCUT2D eigenvalue weighted by Crippen LogP contribution is 2.20. The van der Waals surface area contributed by atoms with Gasteiger partial charge in [0.15, 0.2) is 6.61 Å². The van der Waals surface area contributed by atoms with Gasteiger partial charge in [-0.2, -0.15) is 0 Å². The Labute approximate surface area is 178 Å². The van der Waals surface area contributed by atoms with Crippen LogP contribution in [0, 0.1) is 13.8 Å². The summed E-state index contributed by atoms with van der Waals surface area (Å²) < 4.78 is 5.59. The molecule has 2 amide bonds. The molecule has 6 heteroatoms. The maximum atomic E-state index is 12.2. The summed E-state index contributed by atoms with van der Waals surface area (Å²) in [5.74, 6) is 0.752. The second-order valence-electron chi connectivity index (χ2n) is 7.75. The summed E-state index contributed by atoms with van der Waals surface area (Å²) in [7, 11) is 0. The number of hydrogen-bond donors (Lipinski definition) is 1. The summed E-state index contributed by atoms with van der Waals surface area (Å²) >= 11 is 0. The molecular formula is C24H31N3O3. The highest BCUT2D eigenvalue weighted by Gasteiger charge is 2.20. The number of nitrogens with one attached hydrogen (secondary N) is 1. The third-order valence-corrected chi connectivity index (χ3v) is 5.46. The van der Waals surface area contributed by atoms with Crippen molar-refractivity contribution in [2.24, 2.45) is 0 Å². The topological polar surface area (TPSA) is 61.9 Å². The van der Waals surface area contributed by atoms with Crippen LogP contribution in [0.3, 0.4) is 0 Å². The predicted octanol–water partition coefficient (Wildman–Crippen LogP) is 3.77. The normalized spacial score (nSPS) is 13.8. The summed E-state index contributed by atoms with van der Waals surface area (Å²) in [6, 6.07) is 13.6. The Balaban J connectivity index is 1.47. The van der Waals surface area contributed by atoms with Gasteiger partial charge in [-0.25, -0.2) is 0 Å². The van der Waals surface area contributed by atoms with E-state index < -0.39 is 0 Å². The minimum atomic E-state index is -0.191. The van der Waals surface area contributed by atoms with Gasteiger partial charge in [-0.1, -0.05) is 13.0 Å². The number of carbonyl (C=O) groups is 2. The number of rotatable bonds is 7. The number of amides is 2. The van der Waals surface area contributed by atoms with Gasteiger partial charge in [0.25, 0.3) is 5.91 Å². The smallest absolute Gasteiger partial charge is 0.262 e. The molecule has 0 saturated carbocycles. The Morgan fingerprint density at radius 1 is 0.967 bits per heavy atom. The van der Waals surface area contributed by atoms with Crippen molar-refractivity contribution in [2.45, 2.75) is 33.6 Å². The van der Waals surface area contributed by atoms with Crippen molar-refractivity contribution in [1.29, 1.82) is 0 Å². The van der Waals surface area contributed by atoms with E-state index in [-0.39, 0.29) is 18.4 Å². The zero-order chi connectivity index (χ0) is 21.5. The summed E-state index contributed by atoms with van der Waals surface area (Å²) in [6.45, 7) is 9.23. The monoisotopic (exact) mass is 409 g/mol. The summed E-state index contributed by atoms with van der Waals surface area (Å²) in [5, 5.41) is 2.87. The van der Waals surface area contributed by atoms with Gasteiger partial charge in [-0.3, -0.25) is 9.59 Å². The maximum Gasteiger partial charge on any atom is 0.262 e. The molecule has 1 aliphatic rings. The van der Waals surface area contributed by atoms with Gasteiger partial charge in [-0.15, -0.1) is 0 Å². The minimum Gasteiger partial charge on any atom is -0.484 e. The van der Waals surface area contributed by atoms with Gasteiger partial charge in [-0.05, 0) is 67.8 Å². The lowest BCUT2D eigenvalue weighted by atomic mass is 10.1. The molecule has 1 N–H and O–H groups in total. The molecule has 0 spiro atoms. The van der Waals surface area contributed by atoms with Crippen LogP contribution in [0.5, 0.6) is 5.75 Å². The zero-order valence-corrected chi connectivity index (χ0v) is 18.1. The van der Waals surface area contributed by atoms with Crippen molar-refractivity contribution in [3.8, 4) is 5.75 Å². The number of hydrogen-bond acceptors (Lipinski definition) is 4. The second kappa shape index (κ2) is 10.1. The summed E-state index contributed by atoms with van der Waals surface area (Å²) in [5.41, 5.74) is 4.17. The summed E-state index contributed by atoms with van der Waals surface area (Å²) in [4.78, 5) is 28.4. The maximum absolute atomic E-state index is 12.2. The molecule has 1 fully saturated rings. The molecule has 0 atom stereocenters. The van der Waals surface area contributed by atoms with Crippen LogP contribution in [0.1, 0.15) is 30.9 Å². The third kappa shape index (κ3) is 5.75. The number of aryl methyl sites for hydroxylation is 2. The number of nitrogens with zero attached hydrogens (tertiary/aromatic N) is 2. The first-order valence-corrected chi connectivity index (χ1v) is 10.6. The van der Waals surface area contributed by atoms with Crippen LogP contribution in [0.15, 0.2) is 42.5 Å². The molecule has 30 heavy (non-hydrogen) atoms. The van der Waals surface area contributed by atoms with Crippen LogP contribution < -0.4 is 15.0 Å². The van der Waals surface area contributed by atoms with Crippen molar-refractivity contribution in [1.82, 2.24) is 4.90 Å². The molecule has 0 aromatic heterocycles. The van der Waals surface area contributed by atoms with Gasteiger partial charge in [0.1, 0.15) is 5.75 Å². The molecule has 1 heterocycles. The fraction of sp³-hybridized carbons (Fsp3) is 0.417. The molecule has 6 nitrogen and oxygen atoms in total. The first-order chi connectivity index (χ1) is 14.5. The van der Waals surface area contributed by atoms with E-state index in [1.54, 1.807) is 0 Å². The molecule has 0 aliphatic carbocycles. The fourth-order valence-corrected chi connectivity index (χ4v) is 3.49. The van der Waals surface area contributed by atoms with Gasteiger partial charge < -0.3 is 19.9 Å². The largest absolute Gasteiger partial charge is 0.484 e. The van der Waals surface area contributed by atoms with E-state index in [0.717, 1.165) is 49.5 Å². The molecule has 1 saturated heterocycles. The van der Waals surface area contributed by atoms with E-state index in [1.807, 2.05) is 68.1 Å². The van der Waals surface area contributed by atoms with Gasteiger partial charge >= 0.3 is 0 Å². The molecule has 2 aromatic carbocycles. The van der Waals surface area contributed by atoms with E-state index in [0.29, 0.717) is 12.2 Å². The predicted molar refractivity (Wildman–Crippen MR) is 120 cm³/mol. The standard InChI is InChI=1S/C24H31N3O3/c1-4-5-24(29)27-14-12-26(13-15-27)21-9-7-20(8-10-21)25-23(28)17-30-22-11-6-18(2)19(3)16-22/h6-11,16H,4-5,12-15,17H2,1-3H3,(H,25,28). The molecule has 0 bridgehead atoms. The van der Waals surface area contributed by atoms with Crippen LogP contribution in [0.2, 0.25) is 0 Å². The first kappa shape index (κ1) is 21.7. The Morgan fingerprint density at radius 2 is 1.67 bits per heavy atom. The SMILES string of the molecule is CCCC(=O)N1CCN(c2ccc(NC(=O)COc3ccc(C)c(C)c3)cc2)CC1. The van der Waals surface area contributed by atoms with Gasteiger partial charge in [0, 0.05) is 44.0 Å². The molecule has 3 rings (SSSR count). The Morgan fingerprint density at radius 3 is 2.30 bits per heavy atom. The molecule has 0 unspecified atom stereocenters. The van der Waals surface area contributed by atoms with E-state index in [4.69, 9.17) is 4.74 Å². The molecule has 1 aliphatic heterocycles. The number of carbonyl (C=O) groups excluding carboxylic acids is 2. The molecular weight excluding hydrogens is 378 g/mol. The van der Waals surface area contributed by atoms with Crippen molar-refractivity contribution < 1.29 is 14.3 Å². The number of piperazine rings is 1. The Kier molecular flexibility index (Phi) is 7.33. The van der Waals surface area contributed by atoms with E-state index in [9.17, 15) is 9.59 Å². The molecule has 0 radical (unpaired) electrons. The molecule has 160 valence electrons. The van der Waals surface area contributed by atoms with E-state index in [2.05, 4.69) is 10.2 Å². The van der Waals surface area contributed by atoms with Crippen molar-refractivity contribution in [3.05, 3.63) is 53.6 Å². The highest BCUT2D eigenvalue weighted by molar-refractivity contribution is 5.92. The van der Waals surface area contributed by atoms with Crippen LogP contribution in [-0.4, -0.2) is 49.5 Å². The fourth-order valence-electron chi connectivity index (χ4n) is 3.49. The first-order valence-electron chi connectivity index (χ1n) is 10.6. The third-order valence-electron chi connectivity index (χ3n) is 5.46. The van der Waals surface area contributed by atoms with Crippen molar-refractivity contribution >= 4 is 23.2 Å². The van der Waals surface area contributed by atoms with Gasteiger partial charge in [0.2, 0.25) is 5.91 Å². The minimum absolute atomic E-state index is 0.0298. The van der Waals surface area contributed by atoms with Crippen LogP contribution in [-0.2, 0) is 9.59 Å².